The molecule has 2 aromatic rings. The molecule has 1 N–H and O–H groups in total. The summed E-state index contributed by atoms with van der Waals surface area (Å²) in [7, 11) is 1.85. The third kappa shape index (κ3) is 4.42. The highest BCUT2D eigenvalue weighted by Gasteiger charge is 2.30. The molecular weight excluding hydrogens is 295 g/mol. The van der Waals surface area contributed by atoms with Gasteiger partial charge >= 0.3 is 6.18 Å². The number of aromatic nitrogens is 2. The minimum Gasteiger partial charge on any atom is -0.490 e. The van der Waals surface area contributed by atoms with Crippen molar-refractivity contribution in [2.75, 3.05) is 20.2 Å². The van der Waals surface area contributed by atoms with Crippen molar-refractivity contribution in [2.24, 2.45) is 0 Å². The molecule has 0 aliphatic carbocycles. The van der Waals surface area contributed by atoms with Gasteiger partial charge in [-0.05, 0) is 32.1 Å². The predicted octanol–water partition coefficient (Wildman–Crippen LogP) is 3.15. The van der Waals surface area contributed by atoms with E-state index in [-0.39, 0.29) is 5.82 Å². The molecular formula is C15H16F3N3O. The van der Waals surface area contributed by atoms with Crippen LogP contribution in [-0.4, -0.2) is 30.2 Å². The lowest BCUT2D eigenvalue weighted by Gasteiger charge is -2.09. The highest BCUT2D eigenvalue weighted by atomic mass is 19.4. The molecule has 7 heteroatoms. The third-order valence-corrected chi connectivity index (χ3v) is 2.92. The van der Waals surface area contributed by atoms with Gasteiger partial charge in [-0.1, -0.05) is 12.1 Å². The number of benzene rings is 1. The quantitative estimate of drug-likeness (QED) is 0.833. The fourth-order valence-electron chi connectivity index (χ4n) is 1.81. The van der Waals surface area contributed by atoms with E-state index < -0.39 is 11.7 Å². The number of hydrogen-bond acceptors (Lipinski definition) is 4. The summed E-state index contributed by atoms with van der Waals surface area (Å²) in [5, 5.41) is 3.00. The molecule has 0 saturated heterocycles. The van der Waals surface area contributed by atoms with Crippen molar-refractivity contribution >= 4 is 0 Å². The monoisotopic (exact) mass is 311 g/mol. The van der Waals surface area contributed by atoms with Crippen molar-refractivity contribution < 1.29 is 17.9 Å². The molecule has 0 bridgehead atoms. The first-order chi connectivity index (χ1) is 10.5. The summed E-state index contributed by atoms with van der Waals surface area (Å²) in [5.74, 6) is 0.723. The molecule has 0 amide bonds. The Hall–Kier alpha value is -2.15. The maximum Gasteiger partial charge on any atom is 0.416 e. The van der Waals surface area contributed by atoms with Crippen molar-refractivity contribution in [3.8, 4) is 17.1 Å². The summed E-state index contributed by atoms with van der Waals surface area (Å²) in [4.78, 5) is 8.10. The minimum atomic E-state index is -4.38. The van der Waals surface area contributed by atoms with E-state index in [9.17, 15) is 13.2 Å². The largest absolute Gasteiger partial charge is 0.490 e. The first-order valence-electron chi connectivity index (χ1n) is 6.78. The van der Waals surface area contributed by atoms with Crippen LogP contribution < -0.4 is 10.1 Å². The number of nitrogens with zero attached hydrogens (tertiary/aromatic N) is 2. The van der Waals surface area contributed by atoms with Crippen molar-refractivity contribution in [2.45, 2.75) is 12.6 Å². The van der Waals surface area contributed by atoms with Crippen LogP contribution in [0.4, 0.5) is 13.2 Å². The molecule has 0 spiro atoms. The molecule has 0 fully saturated rings. The van der Waals surface area contributed by atoms with Gasteiger partial charge in [0.05, 0.1) is 24.6 Å². The lowest BCUT2D eigenvalue weighted by molar-refractivity contribution is -0.137. The zero-order valence-corrected chi connectivity index (χ0v) is 12.0. The molecule has 1 aromatic carbocycles. The molecule has 1 aromatic heterocycles. The van der Waals surface area contributed by atoms with Crippen molar-refractivity contribution in [3.05, 3.63) is 42.2 Å². The summed E-state index contributed by atoms with van der Waals surface area (Å²) >= 11 is 0. The summed E-state index contributed by atoms with van der Waals surface area (Å²) in [6.07, 6.45) is -0.623. The highest BCUT2D eigenvalue weighted by Crippen LogP contribution is 2.31. The van der Waals surface area contributed by atoms with Crippen LogP contribution in [-0.2, 0) is 6.18 Å². The molecule has 0 atom stereocenters. The second-order valence-corrected chi connectivity index (χ2v) is 4.63. The van der Waals surface area contributed by atoms with Gasteiger partial charge in [0, 0.05) is 5.56 Å². The van der Waals surface area contributed by atoms with Crippen LogP contribution in [0.3, 0.4) is 0 Å². The zero-order chi connectivity index (χ0) is 16.0. The van der Waals surface area contributed by atoms with Crippen LogP contribution in [0, 0.1) is 0 Å². The lowest BCUT2D eigenvalue weighted by Crippen LogP contribution is -2.11. The molecule has 4 nitrogen and oxygen atoms in total. The van der Waals surface area contributed by atoms with Gasteiger partial charge in [-0.2, -0.15) is 13.2 Å². The van der Waals surface area contributed by atoms with Crippen LogP contribution in [0.25, 0.3) is 11.4 Å². The average molecular weight is 311 g/mol. The van der Waals surface area contributed by atoms with Gasteiger partial charge in [0.2, 0.25) is 0 Å². The molecule has 0 radical (unpaired) electrons. The third-order valence-electron chi connectivity index (χ3n) is 2.92. The van der Waals surface area contributed by atoms with Crippen molar-refractivity contribution in [1.29, 1.82) is 0 Å². The SMILES string of the molecule is CNCCCOc1cnc(-c2cccc(C(F)(F)F)c2)nc1. The molecule has 2 rings (SSSR count). The van der Waals surface area contributed by atoms with Crippen molar-refractivity contribution in [1.82, 2.24) is 15.3 Å². The van der Waals surface area contributed by atoms with E-state index in [4.69, 9.17) is 4.74 Å². The maximum absolute atomic E-state index is 12.7. The number of nitrogens with one attached hydrogen (secondary N) is 1. The maximum atomic E-state index is 12.7. The van der Waals surface area contributed by atoms with E-state index in [0.29, 0.717) is 17.9 Å². The fraction of sp³-hybridized carbons (Fsp3) is 0.333. The molecule has 1 heterocycles. The number of rotatable bonds is 6. The van der Waals surface area contributed by atoms with Crippen LogP contribution in [0.5, 0.6) is 5.75 Å². The van der Waals surface area contributed by atoms with E-state index in [1.807, 2.05) is 7.05 Å². The van der Waals surface area contributed by atoms with Crippen LogP contribution in [0.1, 0.15) is 12.0 Å². The Kier molecular flexibility index (Phi) is 5.32. The number of alkyl halides is 3. The number of ether oxygens (including phenoxy) is 1. The first-order valence-corrected chi connectivity index (χ1v) is 6.78. The lowest BCUT2D eigenvalue weighted by atomic mass is 10.1. The highest BCUT2D eigenvalue weighted by molar-refractivity contribution is 5.56. The molecule has 0 unspecified atom stereocenters. The molecule has 0 aliphatic rings. The Labute approximate surface area is 126 Å². The zero-order valence-electron chi connectivity index (χ0n) is 12.0. The minimum absolute atomic E-state index is 0.230. The second-order valence-electron chi connectivity index (χ2n) is 4.63. The van der Waals surface area contributed by atoms with E-state index in [0.717, 1.165) is 25.1 Å². The van der Waals surface area contributed by atoms with Gasteiger partial charge < -0.3 is 10.1 Å². The summed E-state index contributed by atoms with van der Waals surface area (Å²) < 4.78 is 43.5. The van der Waals surface area contributed by atoms with Gasteiger partial charge in [-0.25, -0.2) is 9.97 Å². The summed E-state index contributed by atoms with van der Waals surface area (Å²) in [5.41, 5.74) is -0.405. The van der Waals surface area contributed by atoms with E-state index in [2.05, 4.69) is 15.3 Å². The van der Waals surface area contributed by atoms with Gasteiger partial charge in [-0.15, -0.1) is 0 Å². The van der Waals surface area contributed by atoms with Crippen LogP contribution in [0.2, 0.25) is 0 Å². The normalized spacial score (nSPS) is 11.5. The average Bonchev–Trinajstić information content (AvgIpc) is 2.51. The summed E-state index contributed by atoms with van der Waals surface area (Å²) in [6.45, 7) is 1.36. The van der Waals surface area contributed by atoms with E-state index >= 15 is 0 Å². The van der Waals surface area contributed by atoms with Gasteiger partial charge in [0.1, 0.15) is 0 Å². The summed E-state index contributed by atoms with van der Waals surface area (Å²) in [6, 6.07) is 4.92. The van der Waals surface area contributed by atoms with E-state index in [1.165, 1.54) is 24.5 Å². The Morgan fingerprint density at radius 2 is 1.91 bits per heavy atom. The standard InChI is InChI=1S/C15H16F3N3O/c1-19-6-3-7-22-13-9-20-14(21-10-13)11-4-2-5-12(8-11)15(16,17)18/h2,4-5,8-10,19H,3,6-7H2,1H3. The van der Waals surface area contributed by atoms with Crippen molar-refractivity contribution in [3.63, 3.8) is 0 Å². The molecule has 0 aliphatic heterocycles. The second kappa shape index (κ2) is 7.22. The van der Waals surface area contributed by atoms with Gasteiger partial charge in [0.25, 0.3) is 0 Å². The smallest absolute Gasteiger partial charge is 0.416 e. The fourth-order valence-corrected chi connectivity index (χ4v) is 1.81. The molecule has 0 saturated carbocycles. The van der Waals surface area contributed by atoms with E-state index in [1.54, 1.807) is 0 Å². The first kappa shape index (κ1) is 16.2. The Bertz CT molecular complexity index is 600. The van der Waals surface area contributed by atoms with Crippen LogP contribution >= 0.6 is 0 Å². The molecule has 118 valence electrons. The predicted molar refractivity (Wildman–Crippen MR) is 76.5 cm³/mol. The Morgan fingerprint density at radius 1 is 1.18 bits per heavy atom. The van der Waals surface area contributed by atoms with Gasteiger partial charge in [0.15, 0.2) is 11.6 Å². The Balaban J connectivity index is 2.07. The number of halogens is 3. The number of hydrogen-bond donors (Lipinski definition) is 1. The molecule has 22 heavy (non-hydrogen) atoms. The van der Waals surface area contributed by atoms with Gasteiger partial charge in [-0.3, -0.25) is 0 Å². The topological polar surface area (TPSA) is 47.0 Å². The van der Waals surface area contributed by atoms with Crippen LogP contribution in [0.15, 0.2) is 36.7 Å². The Morgan fingerprint density at radius 3 is 2.55 bits per heavy atom.